The van der Waals surface area contributed by atoms with Crippen molar-refractivity contribution in [2.24, 2.45) is 11.8 Å². The van der Waals surface area contributed by atoms with E-state index in [9.17, 15) is 19.5 Å². The molecule has 1 fully saturated rings. The zero-order valence-electron chi connectivity index (χ0n) is 17.9. The van der Waals surface area contributed by atoms with Crippen molar-refractivity contribution in [3.8, 4) is 0 Å². The van der Waals surface area contributed by atoms with Crippen LogP contribution in [-0.2, 0) is 14.4 Å². The number of carboxylic acids is 1. The van der Waals surface area contributed by atoms with Gasteiger partial charge in [-0.1, -0.05) is 43.1 Å². The van der Waals surface area contributed by atoms with Gasteiger partial charge in [-0.15, -0.1) is 11.8 Å². The van der Waals surface area contributed by atoms with Gasteiger partial charge in [0.2, 0.25) is 11.8 Å². The monoisotopic (exact) mass is 486 g/mol. The van der Waals surface area contributed by atoms with Crippen LogP contribution in [0.2, 0.25) is 10.0 Å². The number of halogens is 2. The van der Waals surface area contributed by atoms with Crippen molar-refractivity contribution < 1.29 is 19.5 Å². The van der Waals surface area contributed by atoms with Crippen LogP contribution < -0.4 is 5.32 Å². The fraction of sp³-hybridized carbons (Fsp3) is 0.500. The van der Waals surface area contributed by atoms with E-state index in [-0.39, 0.29) is 23.7 Å². The molecular weight excluding hydrogens is 459 g/mol. The van der Waals surface area contributed by atoms with Crippen LogP contribution in [0.4, 0.5) is 0 Å². The average molecular weight is 487 g/mol. The number of hydrogen-bond acceptors (Lipinski definition) is 4. The van der Waals surface area contributed by atoms with E-state index in [2.05, 4.69) is 5.32 Å². The topological polar surface area (TPSA) is 86.7 Å². The van der Waals surface area contributed by atoms with E-state index in [1.165, 1.54) is 17.8 Å². The molecule has 0 spiro atoms. The van der Waals surface area contributed by atoms with Gasteiger partial charge in [0.25, 0.3) is 0 Å². The molecule has 1 saturated heterocycles. The number of aliphatic carboxylic acids is 1. The minimum Gasteiger partial charge on any atom is -0.480 e. The van der Waals surface area contributed by atoms with Gasteiger partial charge in [0, 0.05) is 30.0 Å². The van der Waals surface area contributed by atoms with Crippen LogP contribution in [0.15, 0.2) is 23.1 Å². The van der Waals surface area contributed by atoms with Crippen molar-refractivity contribution in [3.63, 3.8) is 0 Å². The van der Waals surface area contributed by atoms with E-state index in [0.717, 1.165) is 4.90 Å². The summed E-state index contributed by atoms with van der Waals surface area (Å²) < 4.78 is 0. The van der Waals surface area contributed by atoms with Crippen LogP contribution in [0.1, 0.15) is 38.7 Å². The third kappa shape index (κ3) is 7.16. The van der Waals surface area contributed by atoms with Crippen LogP contribution >= 0.6 is 35.0 Å². The smallest absolute Gasteiger partial charge is 0.326 e. The Kier molecular flexibility index (Phi) is 9.72. The summed E-state index contributed by atoms with van der Waals surface area (Å²) in [6, 6.07) is 2.79. The van der Waals surface area contributed by atoms with Crippen LogP contribution in [0.3, 0.4) is 0 Å². The van der Waals surface area contributed by atoms with Gasteiger partial charge in [-0.05, 0) is 49.1 Å². The highest BCUT2D eigenvalue weighted by Gasteiger charge is 2.29. The number of carbonyl (C=O) groups excluding carboxylic acids is 2. The average Bonchev–Trinajstić information content (AvgIpc) is 2.73. The number of carbonyl (C=O) groups is 3. The molecule has 6 nitrogen and oxygen atoms in total. The third-order valence-electron chi connectivity index (χ3n) is 5.20. The Morgan fingerprint density at radius 1 is 1.23 bits per heavy atom. The summed E-state index contributed by atoms with van der Waals surface area (Å²) in [5.74, 6) is -1.58. The normalized spacial score (nSPS) is 16.0. The molecule has 0 aromatic heterocycles. The minimum atomic E-state index is -1.02. The number of hydrogen-bond donors (Lipinski definition) is 2. The van der Waals surface area contributed by atoms with Crippen molar-refractivity contribution in [2.75, 3.05) is 19.3 Å². The molecule has 0 radical (unpaired) electrons. The highest BCUT2D eigenvalue weighted by Crippen LogP contribution is 2.35. The third-order valence-corrected chi connectivity index (χ3v) is 6.99. The first-order valence-electron chi connectivity index (χ1n) is 10.2. The molecule has 1 atom stereocenters. The lowest BCUT2D eigenvalue weighted by atomic mass is 9.94. The molecule has 0 aliphatic carbocycles. The molecule has 0 unspecified atom stereocenters. The van der Waals surface area contributed by atoms with E-state index in [1.807, 2.05) is 32.2 Å². The van der Waals surface area contributed by atoms with E-state index in [4.69, 9.17) is 23.2 Å². The van der Waals surface area contributed by atoms with E-state index in [1.54, 1.807) is 11.0 Å². The molecule has 170 valence electrons. The lowest BCUT2D eigenvalue weighted by Crippen LogP contribution is -2.47. The maximum atomic E-state index is 12.5. The predicted molar refractivity (Wildman–Crippen MR) is 126 cm³/mol. The number of nitrogens with zero attached hydrogens (tertiary/aromatic N) is 1. The van der Waals surface area contributed by atoms with Crippen LogP contribution in [-0.4, -0.2) is 53.2 Å². The number of amides is 2. The SMILES string of the molecule is CSc1ccc(/C=C/C(=O)N2CCC(C(=O)N[C@@H](CC(C)C)C(=O)O)CC2)c(Cl)c1Cl. The maximum Gasteiger partial charge on any atom is 0.326 e. The van der Waals surface area contributed by atoms with Crippen molar-refractivity contribution in [3.05, 3.63) is 33.8 Å². The number of likely N-dealkylation sites (tertiary alicyclic amines) is 1. The number of benzene rings is 1. The predicted octanol–water partition coefficient (Wildman–Crippen LogP) is 4.58. The fourth-order valence-corrected chi connectivity index (χ4v) is 4.62. The van der Waals surface area contributed by atoms with Gasteiger partial charge in [-0.3, -0.25) is 9.59 Å². The Hall–Kier alpha value is -1.70. The van der Waals surface area contributed by atoms with Crippen LogP contribution in [0, 0.1) is 11.8 Å². The van der Waals surface area contributed by atoms with Crippen LogP contribution in [0.5, 0.6) is 0 Å². The number of rotatable bonds is 8. The van der Waals surface area contributed by atoms with Gasteiger partial charge < -0.3 is 15.3 Å². The summed E-state index contributed by atoms with van der Waals surface area (Å²) >= 11 is 14.0. The Labute approximate surface area is 197 Å². The summed E-state index contributed by atoms with van der Waals surface area (Å²) in [4.78, 5) is 38.9. The summed E-state index contributed by atoms with van der Waals surface area (Å²) in [7, 11) is 0. The Morgan fingerprint density at radius 3 is 2.42 bits per heavy atom. The molecule has 1 aromatic carbocycles. The number of carboxylic acid groups (broad SMARTS) is 1. The van der Waals surface area contributed by atoms with Gasteiger partial charge in [-0.2, -0.15) is 0 Å². The Balaban J connectivity index is 1.91. The van der Waals surface area contributed by atoms with Crippen molar-refractivity contribution in [2.45, 2.75) is 44.0 Å². The highest BCUT2D eigenvalue weighted by molar-refractivity contribution is 7.98. The molecule has 0 bridgehead atoms. The lowest BCUT2D eigenvalue weighted by Gasteiger charge is -2.31. The van der Waals surface area contributed by atoms with Crippen LogP contribution in [0.25, 0.3) is 6.08 Å². The van der Waals surface area contributed by atoms with Gasteiger partial charge in [-0.25, -0.2) is 4.79 Å². The highest BCUT2D eigenvalue weighted by atomic mass is 35.5. The summed E-state index contributed by atoms with van der Waals surface area (Å²) in [6.45, 7) is 4.70. The molecule has 0 saturated carbocycles. The van der Waals surface area contributed by atoms with Gasteiger partial charge in [0.05, 0.1) is 10.0 Å². The molecule has 1 heterocycles. The molecule has 2 amide bonds. The molecule has 1 aliphatic heterocycles. The van der Waals surface area contributed by atoms with E-state index >= 15 is 0 Å². The Bertz CT molecular complexity index is 852. The van der Waals surface area contributed by atoms with Crippen molar-refractivity contribution >= 4 is 58.8 Å². The first-order chi connectivity index (χ1) is 14.6. The van der Waals surface area contributed by atoms with E-state index < -0.39 is 12.0 Å². The van der Waals surface area contributed by atoms with Gasteiger partial charge >= 0.3 is 5.97 Å². The summed E-state index contributed by atoms with van der Waals surface area (Å²) in [5.41, 5.74) is 0.664. The zero-order chi connectivity index (χ0) is 23.1. The molecule has 1 aromatic rings. The second-order valence-electron chi connectivity index (χ2n) is 7.95. The van der Waals surface area contributed by atoms with Crippen molar-refractivity contribution in [1.82, 2.24) is 10.2 Å². The molecule has 2 rings (SSSR count). The van der Waals surface area contributed by atoms with Gasteiger partial charge in [0.15, 0.2) is 0 Å². The molecule has 2 N–H and O–H groups in total. The quantitative estimate of drug-likeness (QED) is 0.414. The lowest BCUT2D eigenvalue weighted by molar-refractivity contribution is -0.143. The first kappa shape index (κ1) is 25.6. The standard InChI is InChI=1S/C22H28Cl2N2O4S/c1-13(2)12-16(22(29)30)25-21(28)15-8-10-26(11-9-15)18(27)7-5-14-4-6-17(31-3)20(24)19(14)23/h4-7,13,15-16H,8-12H2,1-3H3,(H,25,28)(H,29,30)/b7-5+/t16-/m0/s1. The largest absolute Gasteiger partial charge is 0.480 e. The fourth-order valence-electron chi connectivity index (χ4n) is 3.44. The molecule has 31 heavy (non-hydrogen) atoms. The number of piperidine rings is 1. The van der Waals surface area contributed by atoms with Crippen molar-refractivity contribution in [1.29, 1.82) is 0 Å². The number of nitrogens with one attached hydrogen (secondary N) is 1. The number of thioether (sulfide) groups is 1. The zero-order valence-corrected chi connectivity index (χ0v) is 20.2. The summed E-state index contributed by atoms with van der Waals surface area (Å²) in [6.07, 6.45) is 6.38. The van der Waals surface area contributed by atoms with E-state index in [0.29, 0.717) is 48.0 Å². The maximum absolute atomic E-state index is 12.5. The second kappa shape index (κ2) is 11.8. The molecular formula is C22H28Cl2N2O4S. The molecule has 1 aliphatic rings. The van der Waals surface area contributed by atoms with Gasteiger partial charge in [0.1, 0.15) is 6.04 Å². The first-order valence-corrected chi connectivity index (χ1v) is 12.1. The molecule has 9 heteroatoms. The summed E-state index contributed by atoms with van der Waals surface area (Å²) in [5, 5.41) is 12.8. The minimum absolute atomic E-state index is 0.160. The Morgan fingerprint density at radius 2 is 1.87 bits per heavy atom. The second-order valence-corrected chi connectivity index (χ2v) is 9.55.